The molecular formula is C15H22BrNO3. The maximum absolute atomic E-state index is 11.5. The van der Waals surface area contributed by atoms with Crippen LogP contribution in [0.2, 0.25) is 0 Å². The first kappa shape index (κ1) is 17.0. The highest BCUT2D eigenvalue weighted by atomic mass is 79.9. The number of carboxylic acids is 1. The third-order valence-corrected chi connectivity index (χ3v) is 3.91. The van der Waals surface area contributed by atoms with E-state index >= 15 is 0 Å². The molecule has 0 saturated carbocycles. The smallest absolute Gasteiger partial charge is 0.337 e. The summed E-state index contributed by atoms with van der Waals surface area (Å²) in [4.78, 5) is 13.6. The third kappa shape index (κ3) is 4.21. The van der Waals surface area contributed by atoms with E-state index < -0.39 is 5.97 Å². The molecule has 0 aromatic heterocycles. The SMILES string of the molecule is CCC(CC)N(CCOC)c1ccc(Br)cc1C(=O)O. The molecular weight excluding hydrogens is 322 g/mol. The molecule has 0 aliphatic rings. The van der Waals surface area contributed by atoms with Gasteiger partial charge < -0.3 is 14.7 Å². The first-order chi connectivity index (χ1) is 9.54. The standard InChI is InChI=1S/C15H22BrNO3/c1-4-12(5-2)17(8-9-20-3)14-7-6-11(16)10-13(14)15(18)19/h6-7,10,12H,4-5,8-9H2,1-3H3,(H,18,19). The molecule has 1 aromatic rings. The van der Waals surface area contributed by atoms with E-state index in [1.54, 1.807) is 13.2 Å². The van der Waals surface area contributed by atoms with Crippen molar-refractivity contribution in [3.63, 3.8) is 0 Å². The van der Waals surface area contributed by atoms with Crippen molar-refractivity contribution in [3.05, 3.63) is 28.2 Å². The van der Waals surface area contributed by atoms with Crippen molar-refractivity contribution >= 4 is 27.6 Å². The van der Waals surface area contributed by atoms with E-state index in [4.69, 9.17) is 4.74 Å². The first-order valence-electron chi connectivity index (χ1n) is 6.83. The number of rotatable bonds is 8. The van der Waals surface area contributed by atoms with Gasteiger partial charge in [-0.15, -0.1) is 0 Å². The number of carboxylic acid groups (broad SMARTS) is 1. The molecule has 0 spiro atoms. The number of aromatic carboxylic acids is 1. The summed E-state index contributed by atoms with van der Waals surface area (Å²) in [6.45, 7) is 5.50. The predicted octanol–water partition coefficient (Wildman–Crippen LogP) is 3.79. The Labute approximate surface area is 128 Å². The van der Waals surface area contributed by atoms with E-state index in [-0.39, 0.29) is 0 Å². The van der Waals surface area contributed by atoms with Crippen molar-refractivity contribution in [2.75, 3.05) is 25.2 Å². The van der Waals surface area contributed by atoms with E-state index in [9.17, 15) is 9.90 Å². The van der Waals surface area contributed by atoms with Crippen LogP contribution < -0.4 is 4.90 Å². The van der Waals surface area contributed by atoms with E-state index in [0.29, 0.717) is 24.8 Å². The minimum Gasteiger partial charge on any atom is -0.478 e. The molecule has 1 aromatic carbocycles. The number of hydrogen-bond donors (Lipinski definition) is 1. The first-order valence-corrected chi connectivity index (χ1v) is 7.62. The monoisotopic (exact) mass is 343 g/mol. The lowest BCUT2D eigenvalue weighted by Crippen LogP contribution is -2.38. The summed E-state index contributed by atoms with van der Waals surface area (Å²) in [5, 5.41) is 9.41. The summed E-state index contributed by atoms with van der Waals surface area (Å²) in [5.41, 5.74) is 1.08. The summed E-state index contributed by atoms with van der Waals surface area (Å²) in [7, 11) is 1.66. The zero-order valence-electron chi connectivity index (χ0n) is 12.2. The molecule has 4 nitrogen and oxygen atoms in total. The van der Waals surface area contributed by atoms with Crippen LogP contribution in [-0.4, -0.2) is 37.4 Å². The number of carbonyl (C=O) groups is 1. The Morgan fingerprint density at radius 2 is 2.05 bits per heavy atom. The van der Waals surface area contributed by atoms with Gasteiger partial charge in [-0.3, -0.25) is 0 Å². The van der Waals surface area contributed by atoms with Gasteiger partial charge in [-0.2, -0.15) is 0 Å². The second-order valence-corrected chi connectivity index (χ2v) is 5.54. The lowest BCUT2D eigenvalue weighted by Gasteiger charge is -2.33. The van der Waals surface area contributed by atoms with Gasteiger partial charge in [-0.25, -0.2) is 4.79 Å². The maximum Gasteiger partial charge on any atom is 0.337 e. The van der Waals surface area contributed by atoms with Gasteiger partial charge in [0.05, 0.1) is 17.9 Å². The summed E-state index contributed by atoms with van der Waals surface area (Å²) in [6.07, 6.45) is 1.94. The quantitative estimate of drug-likeness (QED) is 0.780. The molecule has 0 atom stereocenters. The summed E-state index contributed by atoms with van der Waals surface area (Å²) in [6, 6.07) is 5.70. The van der Waals surface area contributed by atoms with Crippen molar-refractivity contribution in [1.29, 1.82) is 0 Å². The Bertz CT molecular complexity index is 447. The Hall–Kier alpha value is -1.07. The molecule has 0 fully saturated rings. The van der Waals surface area contributed by atoms with Crippen LogP contribution in [0, 0.1) is 0 Å². The van der Waals surface area contributed by atoms with Gasteiger partial charge in [-0.1, -0.05) is 29.8 Å². The average Bonchev–Trinajstić information content (AvgIpc) is 2.43. The third-order valence-electron chi connectivity index (χ3n) is 3.42. The molecule has 5 heteroatoms. The average molecular weight is 344 g/mol. The minimum absolute atomic E-state index is 0.310. The molecule has 20 heavy (non-hydrogen) atoms. The van der Waals surface area contributed by atoms with Crippen molar-refractivity contribution < 1.29 is 14.6 Å². The van der Waals surface area contributed by atoms with Gasteiger partial charge in [0.2, 0.25) is 0 Å². The molecule has 0 heterocycles. The van der Waals surface area contributed by atoms with Crippen molar-refractivity contribution in [2.24, 2.45) is 0 Å². The lowest BCUT2D eigenvalue weighted by atomic mass is 10.1. The number of anilines is 1. The van der Waals surface area contributed by atoms with E-state index in [1.165, 1.54) is 0 Å². The highest BCUT2D eigenvalue weighted by Gasteiger charge is 2.21. The van der Waals surface area contributed by atoms with Crippen LogP contribution in [0.5, 0.6) is 0 Å². The maximum atomic E-state index is 11.5. The van der Waals surface area contributed by atoms with E-state index in [0.717, 1.165) is 23.0 Å². The number of methoxy groups -OCH3 is 1. The van der Waals surface area contributed by atoms with Gasteiger partial charge in [0, 0.05) is 24.2 Å². The van der Waals surface area contributed by atoms with Crippen molar-refractivity contribution in [1.82, 2.24) is 0 Å². The lowest BCUT2D eigenvalue weighted by molar-refractivity contribution is 0.0697. The Balaban J connectivity index is 3.21. The van der Waals surface area contributed by atoms with Crippen LogP contribution in [0.25, 0.3) is 0 Å². The second kappa shape index (κ2) is 8.27. The second-order valence-electron chi connectivity index (χ2n) is 4.62. The number of ether oxygens (including phenoxy) is 1. The van der Waals surface area contributed by atoms with Gasteiger partial charge in [0.1, 0.15) is 0 Å². The molecule has 0 saturated heterocycles. The minimum atomic E-state index is -0.908. The highest BCUT2D eigenvalue weighted by Crippen LogP contribution is 2.28. The zero-order valence-corrected chi connectivity index (χ0v) is 13.8. The van der Waals surface area contributed by atoms with Crippen molar-refractivity contribution in [2.45, 2.75) is 32.7 Å². The Kier molecular flexibility index (Phi) is 7.02. The fourth-order valence-electron chi connectivity index (χ4n) is 2.35. The zero-order chi connectivity index (χ0) is 15.1. The van der Waals surface area contributed by atoms with Gasteiger partial charge in [0.25, 0.3) is 0 Å². The van der Waals surface area contributed by atoms with Gasteiger partial charge >= 0.3 is 5.97 Å². The van der Waals surface area contributed by atoms with Crippen LogP contribution in [0.1, 0.15) is 37.0 Å². The molecule has 0 aliphatic carbocycles. The number of hydrogen-bond acceptors (Lipinski definition) is 3. The molecule has 0 amide bonds. The molecule has 0 radical (unpaired) electrons. The number of nitrogens with zero attached hydrogens (tertiary/aromatic N) is 1. The van der Waals surface area contributed by atoms with Gasteiger partial charge in [0.15, 0.2) is 0 Å². The van der Waals surface area contributed by atoms with Crippen LogP contribution in [0.4, 0.5) is 5.69 Å². The normalized spacial score (nSPS) is 10.8. The topological polar surface area (TPSA) is 49.8 Å². The number of halogens is 1. The molecule has 1 rings (SSSR count). The Morgan fingerprint density at radius 1 is 1.40 bits per heavy atom. The van der Waals surface area contributed by atoms with Gasteiger partial charge in [-0.05, 0) is 31.0 Å². The van der Waals surface area contributed by atoms with Crippen LogP contribution in [0.15, 0.2) is 22.7 Å². The van der Waals surface area contributed by atoms with Crippen molar-refractivity contribution in [3.8, 4) is 0 Å². The van der Waals surface area contributed by atoms with E-state index in [1.807, 2.05) is 12.1 Å². The Morgan fingerprint density at radius 3 is 2.55 bits per heavy atom. The van der Waals surface area contributed by atoms with Crippen LogP contribution >= 0.6 is 15.9 Å². The molecule has 112 valence electrons. The van der Waals surface area contributed by atoms with Crippen LogP contribution in [0.3, 0.4) is 0 Å². The number of benzene rings is 1. The highest BCUT2D eigenvalue weighted by molar-refractivity contribution is 9.10. The fourth-order valence-corrected chi connectivity index (χ4v) is 2.71. The largest absolute Gasteiger partial charge is 0.478 e. The molecule has 0 bridgehead atoms. The van der Waals surface area contributed by atoms with E-state index in [2.05, 4.69) is 34.7 Å². The summed E-state index contributed by atoms with van der Waals surface area (Å²) < 4.78 is 5.93. The summed E-state index contributed by atoms with van der Waals surface area (Å²) >= 11 is 3.33. The predicted molar refractivity (Wildman–Crippen MR) is 84.7 cm³/mol. The fraction of sp³-hybridized carbons (Fsp3) is 0.533. The molecule has 0 aliphatic heterocycles. The molecule has 1 N–H and O–H groups in total. The van der Waals surface area contributed by atoms with Crippen LogP contribution in [-0.2, 0) is 4.74 Å². The summed E-state index contributed by atoms with van der Waals surface area (Å²) in [5.74, 6) is -0.908. The molecule has 0 unspecified atom stereocenters.